The minimum atomic E-state index is -0.341. The van der Waals surface area contributed by atoms with Crippen molar-refractivity contribution in [3.63, 3.8) is 0 Å². The smallest absolute Gasteiger partial charge is 0.341 e. The molecule has 0 N–H and O–H groups in total. The van der Waals surface area contributed by atoms with E-state index in [1.807, 2.05) is 6.07 Å². The summed E-state index contributed by atoms with van der Waals surface area (Å²) in [5, 5.41) is 0. The van der Waals surface area contributed by atoms with Crippen LogP contribution in [-0.4, -0.2) is 24.9 Å². The average molecular weight is 268 g/mol. The SMILES string of the molecule is CCOC(=O)c1ccccc1OCC(CC)CS. The van der Waals surface area contributed by atoms with E-state index in [1.54, 1.807) is 25.1 Å². The molecule has 1 aromatic rings. The Morgan fingerprint density at radius 1 is 1.33 bits per heavy atom. The first-order chi connectivity index (χ1) is 8.72. The number of rotatable bonds is 7. The summed E-state index contributed by atoms with van der Waals surface area (Å²) >= 11 is 4.27. The number of esters is 1. The summed E-state index contributed by atoms with van der Waals surface area (Å²) in [6, 6.07) is 7.15. The van der Waals surface area contributed by atoms with E-state index >= 15 is 0 Å². The fourth-order valence-corrected chi connectivity index (χ4v) is 1.84. The molecule has 0 amide bonds. The molecule has 0 radical (unpaired) electrons. The summed E-state index contributed by atoms with van der Waals surface area (Å²) in [7, 11) is 0. The normalized spacial score (nSPS) is 11.9. The van der Waals surface area contributed by atoms with E-state index in [2.05, 4.69) is 19.6 Å². The maximum absolute atomic E-state index is 11.7. The van der Waals surface area contributed by atoms with Gasteiger partial charge in [0, 0.05) is 5.92 Å². The van der Waals surface area contributed by atoms with Gasteiger partial charge in [0.05, 0.1) is 13.2 Å². The second-order valence-electron chi connectivity index (χ2n) is 3.98. The lowest BCUT2D eigenvalue weighted by molar-refractivity contribution is 0.0521. The zero-order valence-electron chi connectivity index (χ0n) is 10.9. The van der Waals surface area contributed by atoms with Crippen molar-refractivity contribution in [3.8, 4) is 5.75 Å². The highest BCUT2D eigenvalue weighted by molar-refractivity contribution is 7.80. The molecule has 100 valence electrons. The Morgan fingerprint density at radius 3 is 2.67 bits per heavy atom. The van der Waals surface area contributed by atoms with E-state index in [9.17, 15) is 4.79 Å². The summed E-state index contributed by atoms with van der Waals surface area (Å²) in [6.07, 6.45) is 1.01. The lowest BCUT2D eigenvalue weighted by atomic mass is 10.1. The third-order valence-corrected chi connectivity index (χ3v) is 3.21. The van der Waals surface area contributed by atoms with Crippen LogP contribution in [0.5, 0.6) is 5.75 Å². The molecular weight excluding hydrogens is 248 g/mol. The molecule has 18 heavy (non-hydrogen) atoms. The van der Waals surface area contributed by atoms with Crippen molar-refractivity contribution in [1.82, 2.24) is 0 Å². The molecule has 0 aliphatic heterocycles. The molecule has 0 aromatic heterocycles. The maximum Gasteiger partial charge on any atom is 0.341 e. The standard InChI is InChI=1S/C14H20O3S/c1-3-11(10-18)9-17-13-8-6-5-7-12(13)14(15)16-4-2/h5-8,11,18H,3-4,9-10H2,1-2H3. The van der Waals surface area contributed by atoms with Crippen LogP contribution in [0.25, 0.3) is 0 Å². The average Bonchev–Trinajstić information content (AvgIpc) is 2.40. The molecule has 0 saturated heterocycles. The molecule has 0 fully saturated rings. The van der Waals surface area contributed by atoms with E-state index in [4.69, 9.17) is 9.47 Å². The maximum atomic E-state index is 11.7. The molecule has 1 unspecified atom stereocenters. The van der Waals surface area contributed by atoms with Crippen LogP contribution in [0.3, 0.4) is 0 Å². The van der Waals surface area contributed by atoms with Crippen molar-refractivity contribution in [2.45, 2.75) is 20.3 Å². The molecule has 1 atom stereocenters. The summed E-state index contributed by atoms with van der Waals surface area (Å²) in [6.45, 7) is 4.81. The van der Waals surface area contributed by atoms with Crippen molar-refractivity contribution in [2.75, 3.05) is 19.0 Å². The Labute approximate surface area is 114 Å². The Kier molecular flexibility index (Phi) is 6.65. The Hall–Kier alpha value is -1.16. The van der Waals surface area contributed by atoms with Crippen LogP contribution in [0, 0.1) is 5.92 Å². The summed E-state index contributed by atoms with van der Waals surface area (Å²) in [5.41, 5.74) is 0.480. The van der Waals surface area contributed by atoms with Crippen molar-refractivity contribution in [1.29, 1.82) is 0 Å². The molecule has 3 nitrogen and oxygen atoms in total. The van der Waals surface area contributed by atoms with Gasteiger partial charge in [-0.3, -0.25) is 0 Å². The minimum absolute atomic E-state index is 0.341. The Morgan fingerprint density at radius 2 is 2.06 bits per heavy atom. The molecule has 0 heterocycles. The summed E-state index contributed by atoms with van der Waals surface area (Å²) in [4.78, 5) is 11.7. The largest absolute Gasteiger partial charge is 0.492 e. The summed E-state index contributed by atoms with van der Waals surface area (Å²) < 4.78 is 10.7. The topological polar surface area (TPSA) is 35.5 Å². The Bertz CT molecular complexity index is 375. The van der Waals surface area contributed by atoms with Crippen molar-refractivity contribution >= 4 is 18.6 Å². The molecule has 4 heteroatoms. The highest BCUT2D eigenvalue weighted by atomic mass is 32.1. The van der Waals surface area contributed by atoms with Gasteiger partial charge in [-0.05, 0) is 31.2 Å². The second-order valence-corrected chi connectivity index (χ2v) is 4.35. The van der Waals surface area contributed by atoms with Crippen molar-refractivity contribution in [3.05, 3.63) is 29.8 Å². The van der Waals surface area contributed by atoms with E-state index in [0.717, 1.165) is 12.2 Å². The molecule has 1 aromatic carbocycles. The number of hydrogen-bond donors (Lipinski definition) is 1. The van der Waals surface area contributed by atoms with Gasteiger partial charge in [-0.15, -0.1) is 0 Å². The summed E-state index contributed by atoms with van der Waals surface area (Å²) in [5.74, 6) is 1.41. The number of para-hydroxylation sites is 1. The zero-order valence-corrected chi connectivity index (χ0v) is 11.8. The second kappa shape index (κ2) is 8.03. The highest BCUT2D eigenvalue weighted by Crippen LogP contribution is 2.20. The van der Waals surface area contributed by atoms with E-state index < -0.39 is 0 Å². The van der Waals surface area contributed by atoms with Crippen LogP contribution in [0.4, 0.5) is 0 Å². The van der Waals surface area contributed by atoms with Gasteiger partial charge in [-0.1, -0.05) is 19.1 Å². The van der Waals surface area contributed by atoms with Gasteiger partial charge in [-0.2, -0.15) is 12.6 Å². The van der Waals surface area contributed by atoms with Gasteiger partial charge < -0.3 is 9.47 Å². The molecule has 0 bridgehead atoms. The number of hydrogen-bond acceptors (Lipinski definition) is 4. The van der Waals surface area contributed by atoms with Gasteiger partial charge in [0.25, 0.3) is 0 Å². The predicted octanol–water partition coefficient (Wildman–Crippen LogP) is 3.20. The molecular formula is C14H20O3S. The number of thiol groups is 1. The van der Waals surface area contributed by atoms with Gasteiger partial charge in [0.2, 0.25) is 0 Å². The lowest BCUT2D eigenvalue weighted by Gasteiger charge is -2.15. The van der Waals surface area contributed by atoms with E-state index in [0.29, 0.717) is 30.4 Å². The lowest BCUT2D eigenvalue weighted by Crippen LogP contribution is -2.15. The number of ether oxygens (including phenoxy) is 2. The van der Waals surface area contributed by atoms with E-state index in [-0.39, 0.29) is 5.97 Å². The first kappa shape index (κ1) is 14.9. The third kappa shape index (κ3) is 4.26. The fraction of sp³-hybridized carbons (Fsp3) is 0.500. The van der Waals surface area contributed by atoms with Crippen LogP contribution in [0.2, 0.25) is 0 Å². The van der Waals surface area contributed by atoms with Crippen LogP contribution in [0.1, 0.15) is 30.6 Å². The molecule has 0 saturated carbocycles. The number of carbonyl (C=O) groups excluding carboxylic acids is 1. The van der Waals surface area contributed by atoms with Crippen LogP contribution < -0.4 is 4.74 Å². The quantitative estimate of drug-likeness (QED) is 0.609. The van der Waals surface area contributed by atoms with Crippen LogP contribution in [0.15, 0.2) is 24.3 Å². The van der Waals surface area contributed by atoms with Crippen molar-refractivity contribution in [2.24, 2.45) is 5.92 Å². The first-order valence-corrected chi connectivity index (χ1v) is 6.85. The van der Waals surface area contributed by atoms with Crippen LogP contribution in [-0.2, 0) is 4.74 Å². The first-order valence-electron chi connectivity index (χ1n) is 6.22. The Balaban J connectivity index is 2.73. The highest BCUT2D eigenvalue weighted by Gasteiger charge is 2.14. The third-order valence-electron chi connectivity index (χ3n) is 2.69. The number of benzene rings is 1. The van der Waals surface area contributed by atoms with Gasteiger partial charge in [-0.25, -0.2) is 4.79 Å². The van der Waals surface area contributed by atoms with Gasteiger partial charge in [0.1, 0.15) is 11.3 Å². The molecule has 0 aliphatic rings. The van der Waals surface area contributed by atoms with Gasteiger partial charge in [0.15, 0.2) is 0 Å². The van der Waals surface area contributed by atoms with Gasteiger partial charge >= 0.3 is 5.97 Å². The van der Waals surface area contributed by atoms with Crippen molar-refractivity contribution < 1.29 is 14.3 Å². The van der Waals surface area contributed by atoms with Crippen LogP contribution >= 0.6 is 12.6 Å². The molecule has 0 aliphatic carbocycles. The monoisotopic (exact) mass is 268 g/mol. The van der Waals surface area contributed by atoms with E-state index in [1.165, 1.54) is 0 Å². The zero-order chi connectivity index (χ0) is 13.4. The fourth-order valence-electron chi connectivity index (χ4n) is 1.48. The predicted molar refractivity (Wildman–Crippen MR) is 75.5 cm³/mol. The molecule has 1 rings (SSSR count). The molecule has 0 spiro atoms. The number of carbonyl (C=O) groups is 1. The minimum Gasteiger partial charge on any atom is -0.492 e.